The molecule has 20 heavy (non-hydrogen) atoms. The van der Waals surface area contributed by atoms with Crippen molar-refractivity contribution in [3.8, 4) is 0 Å². The van der Waals surface area contributed by atoms with E-state index in [-0.39, 0.29) is 0 Å². The maximum Gasteiger partial charge on any atom is 0.0244 e. The van der Waals surface area contributed by atoms with E-state index in [1.165, 1.54) is 47.8 Å². The van der Waals surface area contributed by atoms with Crippen molar-refractivity contribution in [3.05, 3.63) is 33.8 Å². The van der Waals surface area contributed by atoms with Gasteiger partial charge < -0.3 is 5.32 Å². The lowest BCUT2D eigenvalue weighted by Crippen LogP contribution is -2.24. The van der Waals surface area contributed by atoms with E-state index < -0.39 is 0 Å². The Hall–Kier alpha value is -0.380. The molecule has 2 nitrogen and oxygen atoms in total. The molecule has 0 unspecified atom stereocenters. The fraction of sp³-hybridized carbons (Fsp3) is 0.647. The molecule has 1 aliphatic carbocycles. The summed E-state index contributed by atoms with van der Waals surface area (Å²) in [6.45, 7) is 8.87. The third-order valence-corrected chi connectivity index (χ3v) is 4.70. The van der Waals surface area contributed by atoms with Crippen LogP contribution in [0.25, 0.3) is 0 Å². The molecule has 1 fully saturated rings. The predicted octanol–water partition coefficient (Wildman–Crippen LogP) is 4.32. The first-order valence-corrected chi connectivity index (χ1v) is 8.75. The Labute approximate surface area is 132 Å². The highest BCUT2D eigenvalue weighted by atomic mass is 79.9. The van der Waals surface area contributed by atoms with Gasteiger partial charge in [0, 0.05) is 23.6 Å². The SMILES string of the molecule is CCCCN(CC)Cc1ccc(CNC2CC2)cc1Br. The summed E-state index contributed by atoms with van der Waals surface area (Å²) in [6.07, 6.45) is 5.25. The van der Waals surface area contributed by atoms with Crippen molar-refractivity contribution in [3.63, 3.8) is 0 Å². The van der Waals surface area contributed by atoms with Gasteiger partial charge in [0.1, 0.15) is 0 Å². The molecule has 1 aromatic carbocycles. The van der Waals surface area contributed by atoms with Gasteiger partial charge in [-0.05, 0) is 49.5 Å². The first-order valence-electron chi connectivity index (χ1n) is 7.96. The number of hydrogen-bond acceptors (Lipinski definition) is 2. The molecule has 0 aromatic heterocycles. The molecule has 1 aliphatic rings. The van der Waals surface area contributed by atoms with Gasteiger partial charge in [-0.15, -0.1) is 0 Å². The molecule has 3 heteroatoms. The Kier molecular flexibility index (Phi) is 6.53. The maximum absolute atomic E-state index is 3.74. The summed E-state index contributed by atoms with van der Waals surface area (Å²) in [5.74, 6) is 0. The molecule has 1 saturated carbocycles. The van der Waals surface area contributed by atoms with E-state index in [9.17, 15) is 0 Å². The van der Waals surface area contributed by atoms with Crippen molar-refractivity contribution >= 4 is 15.9 Å². The van der Waals surface area contributed by atoms with E-state index >= 15 is 0 Å². The first kappa shape index (κ1) is 16.0. The third-order valence-electron chi connectivity index (χ3n) is 3.96. The molecular weight excluding hydrogens is 312 g/mol. The molecular formula is C17H27BrN2. The van der Waals surface area contributed by atoms with Crippen LogP contribution >= 0.6 is 15.9 Å². The van der Waals surface area contributed by atoms with Gasteiger partial charge in [0.05, 0.1) is 0 Å². The highest BCUT2D eigenvalue weighted by molar-refractivity contribution is 9.10. The first-order chi connectivity index (χ1) is 9.72. The fourth-order valence-electron chi connectivity index (χ4n) is 2.35. The third kappa shape index (κ3) is 5.19. The van der Waals surface area contributed by atoms with E-state index in [2.05, 4.69) is 58.2 Å². The molecule has 2 rings (SSSR count). The second-order valence-electron chi connectivity index (χ2n) is 5.80. The van der Waals surface area contributed by atoms with E-state index in [4.69, 9.17) is 0 Å². The van der Waals surface area contributed by atoms with E-state index in [1.54, 1.807) is 0 Å². The van der Waals surface area contributed by atoms with Crippen LogP contribution in [0.1, 0.15) is 50.7 Å². The monoisotopic (exact) mass is 338 g/mol. The molecule has 0 atom stereocenters. The zero-order chi connectivity index (χ0) is 14.4. The Morgan fingerprint density at radius 1 is 1.30 bits per heavy atom. The van der Waals surface area contributed by atoms with Crippen LogP contribution in [-0.2, 0) is 13.1 Å². The molecule has 0 spiro atoms. The summed E-state index contributed by atoms with van der Waals surface area (Å²) in [5, 5.41) is 3.57. The Morgan fingerprint density at radius 2 is 2.10 bits per heavy atom. The lowest BCUT2D eigenvalue weighted by Gasteiger charge is -2.21. The molecule has 0 saturated heterocycles. The minimum atomic E-state index is 0.776. The van der Waals surface area contributed by atoms with Gasteiger partial charge in [0.15, 0.2) is 0 Å². The van der Waals surface area contributed by atoms with Crippen LogP contribution in [0.15, 0.2) is 22.7 Å². The van der Waals surface area contributed by atoms with Gasteiger partial charge in [-0.25, -0.2) is 0 Å². The Balaban J connectivity index is 1.89. The second-order valence-corrected chi connectivity index (χ2v) is 6.66. The molecule has 112 valence electrons. The summed E-state index contributed by atoms with van der Waals surface area (Å²) in [7, 11) is 0. The zero-order valence-corrected chi connectivity index (χ0v) is 14.4. The minimum absolute atomic E-state index is 0.776. The quantitative estimate of drug-likeness (QED) is 0.721. The number of rotatable bonds is 9. The molecule has 0 amide bonds. The van der Waals surface area contributed by atoms with Gasteiger partial charge in [0.25, 0.3) is 0 Å². The molecule has 0 radical (unpaired) electrons. The van der Waals surface area contributed by atoms with Crippen molar-refractivity contribution in [2.75, 3.05) is 13.1 Å². The number of unbranched alkanes of at least 4 members (excludes halogenated alkanes) is 1. The average Bonchev–Trinajstić information content (AvgIpc) is 3.27. The second kappa shape index (κ2) is 8.16. The molecule has 0 heterocycles. The lowest BCUT2D eigenvalue weighted by atomic mass is 10.1. The van der Waals surface area contributed by atoms with Crippen LogP contribution in [0.5, 0.6) is 0 Å². The van der Waals surface area contributed by atoms with Gasteiger partial charge in [0.2, 0.25) is 0 Å². The van der Waals surface area contributed by atoms with Crippen molar-refractivity contribution in [1.82, 2.24) is 10.2 Å². The van der Waals surface area contributed by atoms with Gasteiger partial charge in [-0.2, -0.15) is 0 Å². The van der Waals surface area contributed by atoms with Crippen LogP contribution in [0, 0.1) is 0 Å². The van der Waals surface area contributed by atoms with E-state index in [1.807, 2.05) is 0 Å². The number of hydrogen-bond donors (Lipinski definition) is 1. The molecule has 1 N–H and O–H groups in total. The molecule has 1 aromatic rings. The van der Waals surface area contributed by atoms with Crippen LogP contribution in [0.4, 0.5) is 0 Å². The van der Waals surface area contributed by atoms with Gasteiger partial charge >= 0.3 is 0 Å². The largest absolute Gasteiger partial charge is 0.310 e. The van der Waals surface area contributed by atoms with Crippen molar-refractivity contribution in [2.45, 2.75) is 58.7 Å². The standard InChI is InChI=1S/C17H27BrN2/c1-3-5-10-20(4-2)13-15-7-6-14(11-17(15)18)12-19-16-8-9-16/h6-7,11,16,19H,3-5,8-10,12-13H2,1-2H3. The van der Waals surface area contributed by atoms with E-state index in [0.29, 0.717) is 0 Å². The number of halogens is 1. The highest BCUT2D eigenvalue weighted by Gasteiger charge is 2.20. The van der Waals surface area contributed by atoms with Crippen molar-refractivity contribution in [1.29, 1.82) is 0 Å². The number of nitrogens with zero attached hydrogens (tertiary/aromatic N) is 1. The van der Waals surface area contributed by atoms with Crippen LogP contribution in [0.3, 0.4) is 0 Å². The van der Waals surface area contributed by atoms with Gasteiger partial charge in [-0.1, -0.05) is 48.3 Å². The van der Waals surface area contributed by atoms with E-state index in [0.717, 1.165) is 25.7 Å². The fourth-order valence-corrected chi connectivity index (χ4v) is 2.90. The van der Waals surface area contributed by atoms with Crippen molar-refractivity contribution in [2.24, 2.45) is 0 Å². The topological polar surface area (TPSA) is 15.3 Å². The predicted molar refractivity (Wildman–Crippen MR) is 89.9 cm³/mol. The normalized spacial score (nSPS) is 15.0. The highest BCUT2D eigenvalue weighted by Crippen LogP contribution is 2.22. The van der Waals surface area contributed by atoms with Crippen molar-refractivity contribution < 1.29 is 0 Å². The number of benzene rings is 1. The summed E-state index contributed by atoms with van der Waals surface area (Å²) in [5.41, 5.74) is 2.78. The summed E-state index contributed by atoms with van der Waals surface area (Å²) in [4.78, 5) is 2.52. The van der Waals surface area contributed by atoms with Crippen LogP contribution in [-0.4, -0.2) is 24.0 Å². The van der Waals surface area contributed by atoms with Gasteiger partial charge in [-0.3, -0.25) is 4.90 Å². The Bertz CT molecular complexity index is 415. The maximum atomic E-state index is 3.74. The minimum Gasteiger partial charge on any atom is -0.310 e. The van der Waals surface area contributed by atoms with Crippen LogP contribution < -0.4 is 5.32 Å². The lowest BCUT2D eigenvalue weighted by molar-refractivity contribution is 0.275. The molecule has 0 bridgehead atoms. The Morgan fingerprint density at radius 3 is 2.70 bits per heavy atom. The smallest absolute Gasteiger partial charge is 0.0244 e. The van der Waals surface area contributed by atoms with Crippen LogP contribution in [0.2, 0.25) is 0 Å². The number of nitrogens with one attached hydrogen (secondary N) is 1. The zero-order valence-electron chi connectivity index (χ0n) is 12.8. The average molecular weight is 339 g/mol. The summed E-state index contributed by atoms with van der Waals surface area (Å²) in [6, 6.07) is 7.60. The summed E-state index contributed by atoms with van der Waals surface area (Å²) < 4.78 is 1.25. The molecule has 0 aliphatic heterocycles. The summed E-state index contributed by atoms with van der Waals surface area (Å²) >= 11 is 3.74.